The van der Waals surface area contributed by atoms with Gasteiger partial charge in [-0.15, -0.1) is 0 Å². The lowest BCUT2D eigenvalue weighted by Crippen LogP contribution is -2.63. The van der Waals surface area contributed by atoms with Gasteiger partial charge in [-0.25, -0.2) is 4.39 Å². The Morgan fingerprint density at radius 1 is 1.28 bits per heavy atom. The first-order valence-corrected chi connectivity index (χ1v) is 6.52. The first kappa shape index (κ1) is 12.1. The fourth-order valence-corrected chi connectivity index (χ4v) is 2.85. The molecule has 0 amide bonds. The Kier molecular flexibility index (Phi) is 3.09. The van der Waals surface area contributed by atoms with Crippen molar-refractivity contribution in [2.45, 2.75) is 12.5 Å². The van der Waals surface area contributed by atoms with E-state index >= 15 is 0 Å². The van der Waals surface area contributed by atoms with Crippen LogP contribution in [-0.4, -0.2) is 44.3 Å². The van der Waals surface area contributed by atoms with Crippen molar-refractivity contribution in [3.8, 4) is 0 Å². The van der Waals surface area contributed by atoms with E-state index in [2.05, 4.69) is 10.2 Å². The fourth-order valence-electron chi connectivity index (χ4n) is 2.85. The van der Waals surface area contributed by atoms with Crippen molar-refractivity contribution in [1.29, 1.82) is 0 Å². The van der Waals surface area contributed by atoms with Crippen LogP contribution in [0.4, 0.5) is 4.39 Å². The molecule has 0 radical (unpaired) electrons. The normalized spacial score (nSPS) is 23.7. The van der Waals surface area contributed by atoms with E-state index in [0.717, 1.165) is 39.4 Å². The number of nitrogens with one attached hydrogen (secondary N) is 1. The molecule has 0 unspecified atom stereocenters. The van der Waals surface area contributed by atoms with Crippen LogP contribution in [0.25, 0.3) is 0 Å². The number of hydrogen-bond donors (Lipinski definition) is 1. The first-order chi connectivity index (χ1) is 8.72. The molecule has 1 aromatic carbocycles. The molecule has 0 bridgehead atoms. The summed E-state index contributed by atoms with van der Waals surface area (Å²) < 4.78 is 18.9. The lowest BCUT2D eigenvalue weighted by atomic mass is 9.84. The molecule has 0 aliphatic carbocycles. The molecule has 3 rings (SSSR count). The third-order valence-electron chi connectivity index (χ3n) is 4.10. The molecule has 2 aliphatic heterocycles. The molecule has 4 heteroatoms. The van der Waals surface area contributed by atoms with Gasteiger partial charge in [0.15, 0.2) is 0 Å². The fraction of sp³-hybridized carbons (Fsp3) is 0.571. The van der Waals surface area contributed by atoms with Gasteiger partial charge >= 0.3 is 0 Å². The van der Waals surface area contributed by atoms with Gasteiger partial charge in [-0.05, 0) is 24.1 Å². The first-order valence-electron chi connectivity index (χ1n) is 6.52. The number of piperazine rings is 1. The molecule has 1 N–H and O–H groups in total. The van der Waals surface area contributed by atoms with E-state index < -0.39 is 0 Å². The second-order valence-corrected chi connectivity index (χ2v) is 5.23. The monoisotopic (exact) mass is 250 g/mol. The second-order valence-electron chi connectivity index (χ2n) is 5.23. The Morgan fingerprint density at radius 3 is 2.56 bits per heavy atom. The average molecular weight is 250 g/mol. The Bertz CT molecular complexity index is 439. The van der Waals surface area contributed by atoms with Crippen LogP contribution >= 0.6 is 0 Å². The zero-order chi connectivity index (χ0) is 12.6. The summed E-state index contributed by atoms with van der Waals surface area (Å²) in [5.41, 5.74) is 1.88. The number of nitrogens with zero attached hydrogens (tertiary/aromatic N) is 1. The van der Waals surface area contributed by atoms with Gasteiger partial charge in [0.2, 0.25) is 0 Å². The Hall–Kier alpha value is -0.970. The zero-order valence-corrected chi connectivity index (χ0v) is 10.7. The van der Waals surface area contributed by atoms with Crippen molar-refractivity contribution < 1.29 is 9.13 Å². The quantitative estimate of drug-likeness (QED) is 0.855. The largest absolute Gasteiger partial charge is 0.377 e. The molecule has 3 nitrogen and oxygen atoms in total. The van der Waals surface area contributed by atoms with Gasteiger partial charge in [-0.3, -0.25) is 4.90 Å². The van der Waals surface area contributed by atoms with Crippen molar-refractivity contribution in [1.82, 2.24) is 10.2 Å². The predicted molar refractivity (Wildman–Crippen MR) is 68.1 cm³/mol. The number of benzene rings is 1. The van der Waals surface area contributed by atoms with Crippen molar-refractivity contribution >= 4 is 0 Å². The molecular formula is C14H19FN2O. The SMILES string of the molecule is Cc1cc(C2(N3CCNCC3)COC2)ccc1F. The van der Waals surface area contributed by atoms with Gasteiger partial charge in [0.25, 0.3) is 0 Å². The maximum absolute atomic E-state index is 13.4. The summed E-state index contributed by atoms with van der Waals surface area (Å²) in [7, 11) is 0. The highest BCUT2D eigenvalue weighted by Crippen LogP contribution is 2.36. The van der Waals surface area contributed by atoms with Gasteiger partial charge in [0, 0.05) is 26.2 Å². The molecule has 98 valence electrons. The van der Waals surface area contributed by atoms with Crippen molar-refractivity contribution in [2.24, 2.45) is 0 Å². The van der Waals surface area contributed by atoms with Crippen LogP contribution in [0.2, 0.25) is 0 Å². The number of rotatable bonds is 2. The van der Waals surface area contributed by atoms with Crippen molar-refractivity contribution in [3.05, 3.63) is 35.1 Å². The van der Waals surface area contributed by atoms with Gasteiger partial charge < -0.3 is 10.1 Å². The maximum atomic E-state index is 13.4. The zero-order valence-electron chi connectivity index (χ0n) is 10.7. The second kappa shape index (κ2) is 4.61. The van der Waals surface area contributed by atoms with E-state index in [9.17, 15) is 4.39 Å². The molecule has 2 saturated heterocycles. The topological polar surface area (TPSA) is 24.5 Å². The summed E-state index contributed by atoms with van der Waals surface area (Å²) in [6.45, 7) is 7.35. The van der Waals surface area contributed by atoms with E-state index in [1.54, 1.807) is 6.07 Å². The Balaban J connectivity index is 1.92. The number of aryl methyl sites for hydroxylation is 1. The summed E-state index contributed by atoms with van der Waals surface area (Å²) in [4.78, 5) is 2.47. The molecule has 2 aliphatic rings. The van der Waals surface area contributed by atoms with Crippen molar-refractivity contribution in [3.63, 3.8) is 0 Å². The summed E-state index contributed by atoms with van der Waals surface area (Å²) >= 11 is 0. The third kappa shape index (κ3) is 1.85. The van der Waals surface area contributed by atoms with E-state index in [-0.39, 0.29) is 11.4 Å². The van der Waals surface area contributed by atoms with E-state index in [1.807, 2.05) is 19.1 Å². The maximum Gasteiger partial charge on any atom is 0.126 e. The van der Waals surface area contributed by atoms with Crippen LogP contribution in [0.5, 0.6) is 0 Å². The van der Waals surface area contributed by atoms with E-state index in [0.29, 0.717) is 5.56 Å². The van der Waals surface area contributed by atoms with Crippen molar-refractivity contribution in [2.75, 3.05) is 39.4 Å². The molecule has 0 aromatic heterocycles. The smallest absolute Gasteiger partial charge is 0.126 e. The van der Waals surface area contributed by atoms with Gasteiger partial charge in [-0.1, -0.05) is 12.1 Å². The highest BCUT2D eigenvalue weighted by atomic mass is 19.1. The minimum Gasteiger partial charge on any atom is -0.377 e. The Morgan fingerprint density at radius 2 is 2.00 bits per heavy atom. The van der Waals surface area contributed by atoms with Gasteiger partial charge in [0.1, 0.15) is 5.82 Å². The Labute approximate surface area is 107 Å². The van der Waals surface area contributed by atoms with Gasteiger partial charge in [-0.2, -0.15) is 0 Å². The molecule has 2 fully saturated rings. The lowest BCUT2D eigenvalue weighted by Gasteiger charge is -2.51. The highest BCUT2D eigenvalue weighted by molar-refractivity contribution is 5.32. The number of hydrogen-bond acceptors (Lipinski definition) is 3. The molecular weight excluding hydrogens is 231 g/mol. The third-order valence-corrected chi connectivity index (χ3v) is 4.10. The van der Waals surface area contributed by atoms with Crippen LogP contribution in [0.15, 0.2) is 18.2 Å². The molecule has 0 spiro atoms. The molecule has 0 atom stereocenters. The summed E-state index contributed by atoms with van der Waals surface area (Å²) in [5.74, 6) is -0.130. The van der Waals surface area contributed by atoms with Crippen LogP contribution in [0.3, 0.4) is 0 Å². The molecule has 2 heterocycles. The average Bonchev–Trinajstić information content (AvgIpc) is 2.34. The number of ether oxygens (including phenoxy) is 1. The lowest BCUT2D eigenvalue weighted by molar-refractivity contribution is -0.149. The molecule has 18 heavy (non-hydrogen) atoms. The van der Waals surface area contributed by atoms with Crippen LogP contribution in [0, 0.1) is 12.7 Å². The van der Waals surface area contributed by atoms with Crippen LogP contribution in [0.1, 0.15) is 11.1 Å². The standard InChI is InChI=1S/C14H19FN2O/c1-11-8-12(2-3-13(11)15)14(9-18-10-14)17-6-4-16-5-7-17/h2-3,8,16H,4-7,9-10H2,1H3. The van der Waals surface area contributed by atoms with Crippen LogP contribution in [-0.2, 0) is 10.3 Å². The predicted octanol–water partition coefficient (Wildman–Crippen LogP) is 1.26. The minimum absolute atomic E-state index is 0.0272. The van der Waals surface area contributed by atoms with E-state index in [4.69, 9.17) is 4.74 Å². The van der Waals surface area contributed by atoms with Crippen LogP contribution < -0.4 is 5.32 Å². The van der Waals surface area contributed by atoms with E-state index in [1.165, 1.54) is 5.56 Å². The molecule has 1 aromatic rings. The molecule has 0 saturated carbocycles. The number of halogens is 1. The van der Waals surface area contributed by atoms with Gasteiger partial charge in [0.05, 0.1) is 18.8 Å². The summed E-state index contributed by atoms with van der Waals surface area (Å²) in [6.07, 6.45) is 0. The highest BCUT2D eigenvalue weighted by Gasteiger charge is 2.45. The minimum atomic E-state index is -0.130. The summed E-state index contributed by atoms with van der Waals surface area (Å²) in [5, 5.41) is 3.36. The summed E-state index contributed by atoms with van der Waals surface area (Å²) in [6, 6.07) is 5.46.